The summed E-state index contributed by atoms with van der Waals surface area (Å²) in [6.45, 7) is 1.98. The van der Waals surface area contributed by atoms with Crippen LogP contribution < -0.4 is 5.32 Å². The Morgan fingerprint density at radius 3 is 2.00 bits per heavy atom. The second-order valence-corrected chi connectivity index (χ2v) is 5.59. The van der Waals surface area contributed by atoms with E-state index in [0.29, 0.717) is 5.69 Å². The fourth-order valence-corrected chi connectivity index (χ4v) is 2.39. The van der Waals surface area contributed by atoms with Crippen molar-refractivity contribution >= 4 is 17.4 Å². The van der Waals surface area contributed by atoms with Crippen LogP contribution in [0, 0.1) is 0 Å². The number of thioether (sulfide) groups is 1. The number of benzene rings is 2. The molecule has 0 radical (unpaired) electrons. The van der Waals surface area contributed by atoms with Crippen molar-refractivity contribution < 1.29 is 13.2 Å². The molecule has 0 spiro atoms. The molecule has 0 aromatic heterocycles. The average molecular weight is 311 g/mol. The molecule has 0 aliphatic heterocycles. The minimum absolute atomic E-state index is 0.0256. The number of hydrogen-bond acceptors (Lipinski definition) is 2. The van der Waals surface area contributed by atoms with E-state index in [-0.39, 0.29) is 6.04 Å². The van der Waals surface area contributed by atoms with Crippen LogP contribution in [0.4, 0.5) is 18.9 Å². The van der Waals surface area contributed by atoms with Crippen LogP contribution in [0.15, 0.2) is 53.4 Å². The standard InChI is InChI=1S/C16H16F3NS/c1-11(12-3-9-15(21-2)10-4-12)20-14-7-5-13(6-8-14)16(17,18)19/h3-11,20H,1-2H3. The van der Waals surface area contributed by atoms with Gasteiger partial charge in [-0.3, -0.25) is 0 Å². The predicted octanol–water partition coefficient (Wildman–Crippen LogP) is 5.60. The molecule has 0 fully saturated rings. The van der Waals surface area contributed by atoms with Gasteiger partial charge in [0.2, 0.25) is 0 Å². The first-order valence-electron chi connectivity index (χ1n) is 6.48. The van der Waals surface area contributed by atoms with Crippen LogP contribution in [0.2, 0.25) is 0 Å². The molecule has 0 saturated carbocycles. The van der Waals surface area contributed by atoms with Crippen molar-refractivity contribution in [1.29, 1.82) is 0 Å². The first kappa shape index (κ1) is 15.8. The largest absolute Gasteiger partial charge is 0.416 e. The van der Waals surface area contributed by atoms with Gasteiger partial charge in [-0.25, -0.2) is 0 Å². The molecule has 112 valence electrons. The maximum absolute atomic E-state index is 12.5. The fraction of sp³-hybridized carbons (Fsp3) is 0.250. The van der Waals surface area contributed by atoms with Gasteiger partial charge >= 0.3 is 6.18 Å². The Bertz CT molecular complexity index is 576. The van der Waals surface area contributed by atoms with Crippen molar-refractivity contribution in [2.24, 2.45) is 0 Å². The maximum atomic E-state index is 12.5. The van der Waals surface area contributed by atoms with Crippen molar-refractivity contribution in [1.82, 2.24) is 0 Å². The highest BCUT2D eigenvalue weighted by atomic mass is 32.2. The van der Waals surface area contributed by atoms with Crippen molar-refractivity contribution in [2.75, 3.05) is 11.6 Å². The van der Waals surface area contributed by atoms with Crippen LogP contribution in [-0.4, -0.2) is 6.26 Å². The molecular weight excluding hydrogens is 295 g/mol. The number of rotatable bonds is 4. The van der Waals surface area contributed by atoms with Gasteiger partial charge in [0.25, 0.3) is 0 Å². The zero-order chi connectivity index (χ0) is 15.5. The molecule has 0 heterocycles. The Hall–Kier alpha value is -1.62. The Morgan fingerprint density at radius 2 is 1.52 bits per heavy atom. The average Bonchev–Trinajstić information content (AvgIpc) is 2.47. The predicted molar refractivity (Wildman–Crippen MR) is 81.7 cm³/mol. The van der Waals surface area contributed by atoms with E-state index in [1.165, 1.54) is 17.0 Å². The molecule has 2 aromatic carbocycles. The van der Waals surface area contributed by atoms with Gasteiger partial charge in [0.1, 0.15) is 0 Å². The molecule has 0 saturated heterocycles. The first-order chi connectivity index (χ1) is 9.90. The Kier molecular flexibility index (Phi) is 4.83. The van der Waals surface area contributed by atoms with Gasteiger partial charge in [0.05, 0.1) is 5.56 Å². The lowest BCUT2D eigenvalue weighted by molar-refractivity contribution is -0.137. The molecule has 0 aliphatic rings. The van der Waals surface area contributed by atoms with Gasteiger partial charge in [-0.1, -0.05) is 12.1 Å². The second kappa shape index (κ2) is 6.43. The molecular formula is C16H16F3NS. The number of anilines is 1. The first-order valence-corrected chi connectivity index (χ1v) is 7.70. The molecule has 21 heavy (non-hydrogen) atoms. The van der Waals surface area contributed by atoms with Crippen LogP contribution in [-0.2, 0) is 6.18 Å². The summed E-state index contributed by atoms with van der Waals surface area (Å²) in [7, 11) is 0. The van der Waals surface area contributed by atoms with Crippen molar-refractivity contribution in [3.63, 3.8) is 0 Å². The zero-order valence-corrected chi connectivity index (χ0v) is 12.6. The third-order valence-electron chi connectivity index (χ3n) is 3.21. The van der Waals surface area contributed by atoms with Crippen LogP contribution in [0.1, 0.15) is 24.1 Å². The smallest absolute Gasteiger partial charge is 0.379 e. The quantitative estimate of drug-likeness (QED) is 0.738. The van der Waals surface area contributed by atoms with Gasteiger partial charge in [0.15, 0.2) is 0 Å². The summed E-state index contributed by atoms with van der Waals surface area (Å²) in [6, 6.07) is 13.2. The molecule has 2 aromatic rings. The SMILES string of the molecule is CSc1ccc(C(C)Nc2ccc(C(F)(F)F)cc2)cc1. The zero-order valence-electron chi connectivity index (χ0n) is 11.7. The van der Waals surface area contributed by atoms with Crippen LogP contribution >= 0.6 is 11.8 Å². The minimum atomic E-state index is -4.29. The van der Waals surface area contributed by atoms with E-state index in [2.05, 4.69) is 5.32 Å². The summed E-state index contributed by atoms with van der Waals surface area (Å²) in [5.41, 5.74) is 1.13. The van der Waals surface area contributed by atoms with E-state index < -0.39 is 11.7 Å². The monoisotopic (exact) mass is 311 g/mol. The molecule has 0 amide bonds. The number of hydrogen-bond donors (Lipinski definition) is 1. The Morgan fingerprint density at radius 1 is 0.952 bits per heavy atom. The molecule has 1 nitrogen and oxygen atoms in total. The van der Waals surface area contributed by atoms with E-state index in [0.717, 1.165) is 17.7 Å². The Labute approximate surface area is 126 Å². The summed E-state index contributed by atoms with van der Waals surface area (Å²) < 4.78 is 37.5. The Balaban J connectivity index is 2.06. The number of nitrogens with one attached hydrogen (secondary N) is 1. The van der Waals surface area contributed by atoms with Gasteiger partial charge in [-0.05, 0) is 55.1 Å². The van der Waals surface area contributed by atoms with Crippen LogP contribution in [0.25, 0.3) is 0 Å². The van der Waals surface area contributed by atoms with E-state index >= 15 is 0 Å². The van der Waals surface area contributed by atoms with Gasteiger partial charge in [0, 0.05) is 16.6 Å². The van der Waals surface area contributed by atoms with Crippen molar-refractivity contribution in [2.45, 2.75) is 24.0 Å². The van der Waals surface area contributed by atoms with Crippen molar-refractivity contribution in [3.8, 4) is 0 Å². The summed E-state index contributed by atoms with van der Waals surface area (Å²) >= 11 is 1.67. The summed E-state index contributed by atoms with van der Waals surface area (Å²) in [5.74, 6) is 0. The van der Waals surface area contributed by atoms with E-state index in [1.807, 2.05) is 37.4 Å². The highest BCUT2D eigenvalue weighted by Crippen LogP contribution is 2.30. The lowest BCUT2D eigenvalue weighted by Gasteiger charge is -2.16. The normalized spacial score (nSPS) is 13.0. The van der Waals surface area contributed by atoms with E-state index in [4.69, 9.17) is 0 Å². The highest BCUT2D eigenvalue weighted by Gasteiger charge is 2.29. The van der Waals surface area contributed by atoms with Gasteiger partial charge in [-0.2, -0.15) is 13.2 Å². The van der Waals surface area contributed by atoms with Gasteiger partial charge < -0.3 is 5.32 Å². The number of halogens is 3. The molecule has 0 bridgehead atoms. The van der Waals surface area contributed by atoms with Gasteiger partial charge in [-0.15, -0.1) is 11.8 Å². The van der Waals surface area contributed by atoms with Crippen LogP contribution in [0.3, 0.4) is 0 Å². The molecule has 1 unspecified atom stereocenters. The highest BCUT2D eigenvalue weighted by molar-refractivity contribution is 7.98. The fourth-order valence-electron chi connectivity index (χ4n) is 1.98. The lowest BCUT2D eigenvalue weighted by Crippen LogP contribution is -2.08. The third kappa shape index (κ3) is 4.17. The second-order valence-electron chi connectivity index (χ2n) is 4.71. The third-order valence-corrected chi connectivity index (χ3v) is 3.95. The molecule has 0 aliphatic carbocycles. The number of alkyl halides is 3. The minimum Gasteiger partial charge on any atom is -0.379 e. The topological polar surface area (TPSA) is 12.0 Å². The summed E-state index contributed by atoms with van der Waals surface area (Å²) in [4.78, 5) is 1.18. The van der Waals surface area contributed by atoms with Crippen LogP contribution in [0.5, 0.6) is 0 Å². The molecule has 1 N–H and O–H groups in total. The molecule has 5 heteroatoms. The van der Waals surface area contributed by atoms with E-state index in [9.17, 15) is 13.2 Å². The summed E-state index contributed by atoms with van der Waals surface area (Å²) in [5, 5.41) is 3.20. The molecule has 2 rings (SSSR count). The van der Waals surface area contributed by atoms with E-state index in [1.54, 1.807) is 11.8 Å². The summed E-state index contributed by atoms with van der Waals surface area (Å²) in [6.07, 6.45) is -2.28. The molecule has 1 atom stereocenters. The lowest BCUT2D eigenvalue weighted by atomic mass is 10.1. The maximum Gasteiger partial charge on any atom is 0.416 e. The van der Waals surface area contributed by atoms with Crippen molar-refractivity contribution in [3.05, 3.63) is 59.7 Å².